The van der Waals surface area contributed by atoms with Crippen LogP contribution >= 0.6 is 0 Å². The van der Waals surface area contributed by atoms with Crippen LogP contribution in [-0.4, -0.2) is 24.3 Å². The summed E-state index contributed by atoms with van der Waals surface area (Å²) in [6.07, 6.45) is 4.37. The Kier molecular flexibility index (Phi) is 2.47. The fourth-order valence-electron chi connectivity index (χ4n) is 2.01. The zero-order valence-corrected chi connectivity index (χ0v) is 10.1. The molecule has 1 aromatic carbocycles. The Bertz CT molecular complexity index is 681. The van der Waals surface area contributed by atoms with E-state index >= 15 is 0 Å². The third kappa shape index (κ3) is 1.81. The lowest BCUT2D eigenvalue weighted by Gasteiger charge is -2.04. The molecule has 0 saturated heterocycles. The summed E-state index contributed by atoms with van der Waals surface area (Å²) in [7, 11) is 1.95. The van der Waals surface area contributed by atoms with Crippen molar-refractivity contribution < 1.29 is 0 Å². The average Bonchev–Trinajstić information content (AvgIpc) is 2.93. The van der Waals surface area contributed by atoms with Crippen LogP contribution in [0.2, 0.25) is 0 Å². The van der Waals surface area contributed by atoms with Crippen molar-refractivity contribution in [1.82, 2.24) is 24.3 Å². The minimum atomic E-state index is 0.737. The van der Waals surface area contributed by atoms with Gasteiger partial charge in [-0.1, -0.05) is 0 Å². The Morgan fingerprint density at radius 2 is 2.17 bits per heavy atom. The van der Waals surface area contributed by atoms with Crippen LogP contribution in [0.15, 0.2) is 30.9 Å². The molecule has 18 heavy (non-hydrogen) atoms. The van der Waals surface area contributed by atoms with Gasteiger partial charge in [0.1, 0.15) is 12.2 Å². The highest BCUT2D eigenvalue weighted by atomic mass is 15.2. The van der Waals surface area contributed by atoms with E-state index in [1.807, 2.05) is 36.1 Å². The van der Waals surface area contributed by atoms with Crippen molar-refractivity contribution in [1.29, 1.82) is 0 Å². The number of nitrogens with two attached hydrogens (primary N) is 1. The molecule has 0 atom stereocenters. The van der Waals surface area contributed by atoms with E-state index in [2.05, 4.69) is 19.7 Å². The SMILES string of the molecule is Cn1cnnc1CCn1cnc2cc(N)ccc21. The molecule has 0 aliphatic carbocycles. The third-order valence-corrected chi connectivity index (χ3v) is 3.03. The molecule has 0 amide bonds. The highest BCUT2D eigenvalue weighted by molar-refractivity contribution is 5.78. The van der Waals surface area contributed by atoms with E-state index in [0.29, 0.717) is 0 Å². The summed E-state index contributed by atoms with van der Waals surface area (Å²) < 4.78 is 4.03. The van der Waals surface area contributed by atoms with Crippen molar-refractivity contribution in [2.75, 3.05) is 5.73 Å². The second-order valence-corrected chi connectivity index (χ2v) is 4.29. The number of hydrogen-bond donors (Lipinski definition) is 1. The molecule has 0 saturated carbocycles. The maximum atomic E-state index is 5.73. The zero-order valence-electron chi connectivity index (χ0n) is 10.1. The molecule has 0 fully saturated rings. The van der Waals surface area contributed by atoms with Gasteiger partial charge >= 0.3 is 0 Å². The van der Waals surface area contributed by atoms with E-state index in [1.54, 1.807) is 6.33 Å². The van der Waals surface area contributed by atoms with Gasteiger partial charge in [0.15, 0.2) is 0 Å². The molecule has 0 aliphatic rings. The third-order valence-electron chi connectivity index (χ3n) is 3.03. The lowest BCUT2D eigenvalue weighted by atomic mass is 10.3. The molecule has 0 spiro atoms. The first-order chi connectivity index (χ1) is 8.74. The number of anilines is 1. The summed E-state index contributed by atoms with van der Waals surface area (Å²) in [6.45, 7) is 0.826. The van der Waals surface area contributed by atoms with Crippen molar-refractivity contribution >= 4 is 16.7 Å². The van der Waals surface area contributed by atoms with Gasteiger partial charge in [-0.2, -0.15) is 0 Å². The lowest BCUT2D eigenvalue weighted by molar-refractivity contribution is 0.662. The van der Waals surface area contributed by atoms with Crippen molar-refractivity contribution in [2.24, 2.45) is 7.05 Å². The van der Waals surface area contributed by atoms with Crippen molar-refractivity contribution in [3.8, 4) is 0 Å². The Hall–Kier alpha value is -2.37. The summed E-state index contributed by atoms with van der Waals surface area (Å²) in [5, 5.41) is 7.94. The molecule has 2 heterocycles. The molecule has 6 heteroatoms. The Labute approximate surface area is 104 Å². The molecular formula is C12H14N6. The molecule has 0 radical (unpaired) electrons. The quantitative estimate of drug-likeness (QED) is 0.695. The summed E-state index contributed by atoms with van der Waals surface area (Å²) in [5.41, 5.74) is 8.48. The molecule has 6 nitrogen and oxygen atoms in total. The van der Waals surface area contributed by atoms with Gasteiger partial charge in [-0.25, -0.2) is 4.98 Å². The molecule has 0 bridgehead atoms. The number of nitrogen functional groups attached to an aromatic ring is 1. The van der Waals surface area contributed by atoms with E-state index in [1.165, 1.54) is 0 Å². The fourth-order valence-corrected chi connectivity index (χ4v) is 2.01. The summed E-state index contributed by atoms with van der Waals surface area (Å²) in [6, 6.07) is 5.77. The van der Waals surface area contributed by atoms with Crippen LogP contribution in [0.5, 0.6) is 0 Å². The van der Waals surface area contributed by atoms with Crippen LogP contribution in [0.4, 0.5) is 5.69 Å². The molecular weight excluding hydrogens is 228 g/mol. The van der Waals surface area contributed by atoms with Gasteiger partial charge in [-0.3, -0.25) is 0 Å². The van der Waals surface area contributed by atoms with Crippen LogP contribution in [0.1, 0.15) is 5.82 Å². The van der Waals surface area contributed by atoms with E-state index in [-0.39, 0.29) is 0 Å². The lowest BCUT2D eigenvalue weighted by Crippen LogP contribution is -2.04. The monoisotopic (exact) mass is 242 g/mol. The first-order valence-corrected chi connectivity index (χ1v) is 5.77. The molecule has 0 unspecified atom stereocenters. The van der Waals surface area contributed by atoms with Gasteiger partial charge in [-0.05, 0) is 18.2 Å². The van der Waals surface area contributed by atoms with Crippen LogP contribution in [-0.2, 0) is 20.0 Å². The number of nitrogens with zero attached hydrogens (tertiary/aromatic N) is 5. The van der Waals surface area contributed by atoms with Crippen molar-refractivity contribution in [3.63, 3.8) is 0 Å². The molecule has 0 aliphatic heterocycles. The number of aryl methyl sites for hydroxylation is 3. The van der Waals surface area contributed by atoms with Gasteiger partial charge in [-0.15, -0.1) is 10.2 Å². The highest BCUT2D eigenvalue weighted by Crippen LogP contribution is 2.16. The summed E-state index contributed by atoms with van der Waals surface area (Å²) >= 11 is 0. The van der Waals surface area contributed by atoms with Crippen molar-refractivity contribution in [3.05, 3.63) is 36.7 Å². The minimum Gasteiger partial charge on any atom is -0.399 e. The number of rotatable bonds is 3. The van der Waals surface area contributed by atoms with Crippen LogP contribution in [0.3, 0.4) is 0 Å². The van der Waals surface area contributed by atoms with Crippen LogP contribution in [0, 0.1) is 0 Å². The number of imidazole rings is 1. The first-order valence-electron chi connectivity index (χ1n) is 5.77. The van der Waals surface area contributed by atoms with Gasteiger partial charge in [0, 0.05) is 25.7 Å². The molecule has 3 aromatic rings. The Morgan fingerprint density at radius 3 is 2.94 bits per heavy atom. The second kappa shape index (κ2) is 4.14. The number of fused-ring (bicyclic) bond motifs is 1. The largest absolute Gasteiger partial charge is 0.399 e. The maximum absolute atomic E-state index is 5.73. The van der Waals surface area contributed by atoms with Crippen molar-refractivity contribution in [2.45, 2.75) is 13.0 Å². The van der Waals surface area contributed by atoms with Crippen LogP contribution < -0.4 is 5.73 Å². The van der Waals surface area contributed by atoms with Gasteiger partial charge in [0.25, 0.3) is 0 Å². The molecule has 3 rings (SSSR count). The van der Waals surface area contributed by atoms with E-state index in [0.717, 1.165) is 35.5 Å². The van der Waals surface area contributed by atoms with Gasteiger partial charge in [0.05, 0.1) is 17.4 Å². The predicted molar refractivity (Wildman–Crippen MR) is 68.9 cm³/mol. The average molecular weight is 242 g/mol. The maximum Gasteiger partial charge on any atom is 0.134 e. The normalized spacial score (nSPS) is 11.2. The minimum absolute atomic E-state index is 0.737. The highest BCUT2D eigenvalue weighted by Gasteiger charge is 2.05. The molecule has 92 valence electrons. The first kappa shape index (κ1) is 10.8. The Balaban J connectivity index is 1.85. The van der Waals surface area contributed by atoms with Gasteiger partial charge < -0.3 is 14.9 Å². The smallest absolute Gasteiger partial charge is 0.134 e. The number of hydrogen-bond acceptors (Lipinski definition) is 4. The van der Waals surface area contributed by atoms with E-state index < -0.39 is 0 Å². The predicted octanol–water partition coefficient (Wildman–Crippen LogP) is 0.990. The summed E-state index contributed by atoms with van der Waals surface area (Å²) in [4.78, 5) is 4.34. The fraction of sp³-hybridized carbons (Fsp3) is 0.250. The molecule has 2 N–H and O–H groups in total. The van der Waals surface area contributed by atoms with Crippen LogP contribution in [0.25, 0.3) is 11.0 Å². The number of benzene rings is 1. The standard InChI is InChI=1S/C12H14N6/c1-17-8-15-16-12(17)4-5-18-7-14-10-6-9(13)2-3-11(10)18/h2-3,6-8H,4-5,13H2,1H3. The van der Waals surface area contributed by atoms with Gasteiger partial charge in [0.2, 0.25) is 0 Å². The molecule has 2 aromatic heterocycles. The van der Waals surface area contributed by atoms with E-state index in [4.69, 9.17) is 5.73 Å². The zero-order chi connectivity index (χ0) is 12.5. The second-order valence-electron chi connectivity index (χ2n) is 4.29. The summed E-state index contributed by atoms with van der Waals surface area (Å²) in [5.74, 6) is 0.965. The van der Waals surface area contributed by atoms with E-state index in [9.17, 15) is 0 Å². The topological polar surface area (TPSA) is 74.5 Å². The Morgan fingerprint density at radius 1 is 1.28 bits per heavy atom. The number of aromatic nitrogens is 5.